The molecule has 0 spiro atoms. The molecule has 3 heterocycles. The second kappa shape index (κ2) is 6.13. The summed E-state index contributed by atoms with van der Waals surface area (Å²) in [5.41, 5.74) is 2.99. The molecule has 0 saturated carbocycles. The highest BCUT2D eigenvalue weighted by Gasteiger charge is 2.02. The minimum atomic E-state index is 0.608. The fraction of sp³-hybridized carbons (Fsp3) is 0.200. The van der Waals surface area contributed by atoms with Gasteiger partial charge in [-0.2, -0.15) is 0 Å². The van der Waals surface area contributed by atoms with Gasteiger partial charge in [-0.05, 0) is 24.1 Å². The summed E-state index contributed by atoms with van der Waals surface area (Å²) in [6.07, 6.45) is 11.9. The van der Waals surface area contributed by atoms with Crippen LogP contribution >= 0.6 is 0 Å². The maximum absolute atomic E-state index is 4.38. The van der Waals surface area contributed by atoms with E-state index in [0.717, 1.165) is 34.9 Å². The molecule has 3 aromatic heterocycles. The van der Waals surface area contributed by atoms with Crippen molar-refractivity contribution >= 4 is 0 Å². The van der Waals surface area contributed by atoms with Crippen LogP contribution in [0.3, 0.4) is 0 Å². The number of nitrogens with zero attached hydrogens (tertiary/aromatic N) is 6. The van der Waals surface area contributed by atoms with Crippen LogP contribution in [0.15, 0.2) is 43.4 Å². The third-order valence-corrected chi connectivity index (χ3v) is 2.98. The summed E-state index contributed by atoms with van der Waals surface area (Å²) in [6, 6.07) is 1.86. The highest BCUT2D eigenvalue weighted by Crippen LogP contribution is 2.07. The summed E-state index contributed by atoms with van der Waals surface area (Å²) in [4.78, 5) is 25.2. The molecular formula is C15H14N6. The first-order chi connectivity index (χ1) is 10.3. The lowest BCUT2D eigenvalue weighted by Gasteiger charge is -2.03. The summed E-state index contributed by atoms with van der Waals surface area (Å²) < 4.78 is 0. The Morgan fingerprint density at radius 3 is 2.10 bits per heavy atom. The summed E-state index contributed by atoms with van der Waals surface area (Å²) >= 11 is 0. The van der Waals surface area contributed by atoms with Crippen molar-refractivity contribution in [2.45, 2.75) is 19.8 Å². The SMILES string of the molecule is Cc1ncc(Cc2cnc(Cc3ccncn3)nc2)cn1. The van der Waals surface area contributed by atoms with Crippen molar-refractivity contribution in [2.24, 2.45) is 0 Å². The quantitative estimate of drug-likeness (QED) is 0.720. The fourth-order valence-corrected chi connectivity index (χ4v) is 1.90. The molecule has 21 heavy (non-hydrogen) atoms. The average Bonchev–Trinajstić information content (AvgIpc) is 2.53. The predicted octanol–water partition coefficient (Wildman–Crippen LogP) is 1.55. The van der Waals surface area contributed by atoms with E-state index in [1.54, 1.807) is 6.20 Å². The largest absolute Gasteiger partial charge is 0.245 e. The zero-order valence-electron chi connectivity index (χ0n) is 11.6. The van der Waals surface area contributed by atoms with Crippen molar-refractivity contribution in [1.82, 2.24) is 29.9 Å². The van der Waals surface area contributed by atoms with Gasteiger partial charge in [0.25, 0.3) is 0 Å². The lowest BCUT2D eigenvalue weighted by atomic mass is 10.1. The Bertz CT molecular complexity index is 694. The Morgan fingerprint density at radius 2 is 1.48 bits per heavy atom. The van der Waals surface area contributed by atoms with E-state index in [9.17, 15) is 0 Å². The molecule has 0 atom stereocenters. The first kappa shape index (κ1) is 13.2. The van der Waals surface area contributed by atoms with E-state index in [0.29, 0.717) is 6.42 Å². The Balaban J connectivity index is 1.68. The molecular weight excluding hydrogens is 264 g/mol. The smallest absolute Gasteiger partial charge is 0.134 e. The normalized spacial score (nSPS) is 10.5. The standard InChI is InChI=1S/C15H14N6/c1-11-17-6-12(7-18-11)4-13-8-19-15(20-9-13)5-14-2-3-16-10-21-14/h2-3,6-10H,4-5H2,1H3. The van der Waals surface area contributed by atoms with Gasteiger partial charge in [0.2, 0.25) is 0 Å². The molecule has 0 amide bonds. The molecule has 0 aromatic carbocycles. The van der Waals surface area contributed by atoms with Crippen LogP contribution in [0.25, 0.3) is 0 Å². The maximum Gasteiger partial charge on any atom is 0.134 e. The van der Waals surface area contributed by atoms with Crippen molar-refractivity contribution in [1.29, 1.82) is 0 Å². The molecule has 6 heteroatoms. The first-order valence-electron chi connectivity index (χ1n) is 6.62. The number of hydrogen-bond donors (Lipinski definition) is 0. The topological polar surface area (TPSA) is 77.3 Å². The highest BCUT2D eigenvalue weighted by atomic mass is 14.9. The van der Waals surface area contributed by atoms with Gasteiger partial charge in [0, 0.05) is 37.4 Å². The average molecular weight is 278 g/mol. The number of hydrogen-bond acceptors (Lipinski definition) is 6. The van der Waals surface area contributed by atoms with Gasteiger partial charge in [0.1, 0.15) is 18.0 Å². The van der Waals surface area contributed by atoms with E-state index in [2.05, 4.69) is 29.9 Å². The van der Waals surface area contributed by atoms with Gasteiger partial charge in [-0.3, -0.25) is 0 Å². The Hall–Kier alpha value is -2.76. The van der Waals surface area contributed by atoms with Crippen LogP contribution in [0.1, 0.15) is 28.5 Å². The van der Waals surface area contributed by atoms with Crippen molar-refractivity contribution in [3.8, 4) is 0 Å². The van der Waals surface area contributed by atoms with Crippen molar-refractivity contribution in [3.63, 3.8) is 0 Å². The summed E-state index contributed by atoms with van der Waals surface area (Å²) in [6.45, 7) is 1.87. The molecule has 3 rings (SSSR count). The van der Waals surface area contributed by atoms with Crippen molar-refractivity contribution in [2.75, 3.05) is 0 Å². The predicted molar refractivity (Wildman–Crippen MR) is 76.4 cm³/mol. The van der Waals surface area contributed by atoms with Crippen molar-refractivity contribution in [3.05, 3.63) is 71.8 Å². The second-order valence-corrected chi connectivity index (χ2v) is 4.70. The lowest BCUT2D eigenvalue weighted by Crippen LogP contribution is -2.00. The zero-order valence-corrected chi connectivity index (χ0v) is 11.6. The van der Waals surface area contributed by atoms with Crippen LogP contribution in [-0.4, -0.2) is 29.9 Å². The molecule has 0 aliphatic heterocycles. The minimum Gasteiger partial charge on any atom is -0.245 e. The van der Waals surface area contributed by atoms with Crippen LogP contribution in [0, 0.1) is 6.92 Å². The van der Waals surface area contributed by atoms with E-state index in [-0.39, 0.29) is 0 Å². The molecule has 0 unspecified atom stereocenters. The molecule has 0 fully saturated rings. The van der Waals surface area contributed by atoms with Gasteiger partial charge in [0.15, 0.2) is 0 Å². The van der Waals surface area contributed by atoms with Crippen LogP contribution in [0.5, 0.6) is 0 Å². The lowest BCUT2D eigenvalue weighted by molar-refractivity contribution is 0.905. The van der Waals surface area contributed by atoms with Crippen molar-refractivity contribution < 1.29 is 0 Å². The molecule has 0 N–H and O–H groups in total. The van der Waals surface area contributed by atoms with Crippen LogP contribution in [0.2, 0.25) is 0 Å². The zero-order chi connectivity index (χ0) is 14.5. The third kappa shape index (κ3) is 3.62. The fourth-order valence-electron chi connectivity index (χ4n) is 1.90. The van der Waals surface area contributed by atoms with Gasteiger partial charge in [-0.25, -0.2) is 29.9 Å². The molecule has 0 saturated heterocycles. The summed E-state index contributed by atoms with van der Waals surface area (Å²) in [7, 11) is 0. The monoisotopic (exact) mass is 278 g/mol. The molecule has 0 aliphatic rings. The number of rotatable bonds is 4. The maximum atomic E-state index is 4.38. The Kier molecular flexibility index (Phi) is 3.86. The second-order valence-electron chi connectivity index (χ2n) is 4.70. The van der Waals surface area contributed by atoms with E-state index in [1.807, 2.05) is 37.8 Å². The van der Waals surface area contributed by atoms with Gasteiger partial charge in [-0.15, -0.1) is 0 Å². The molecule has 6 nitrogen and oxygen atoms in total. The molecule has 0 radical (unpaired) electrons. The molecule has 3 aromatic rings. The molecule has 104 valence electrons. The molecule has 0 aliphatic carbocycles. The van der Waals surface area contributed by atoms with Crippen LogP contribution in [0.4, 0.5) is 0 Å². The summed E-state index contributed by atoms with van der Waals surface area (Å²) in [5.74, 6) is 1.52. The summed E-state index contributed by atoms with van der Waals surface area (Å²) in [5, 5.41) is 0. The van der Waals surface area contributed by atoms with Crippen LogP contribution < -0.4 is 0 Å². The van der Waals surface area contributed by atoms with Gasteiger partial charge in [0.05, 0.1) is 12.1 Å². The third-order valence-electron chi connectivity index (χ3n) is 2.98. The van der Waals surface area contributed by atoms with Gasteiger partial charge in [-0.1, -0.05) is 0 Å². The van der Waals surface area contributed by atoms with E-state index < -0.39 is 0 Å². The highest BCUT2D eigenvalue weighted by molar-refractivity contribution is 5.18. The minimum absolute atomic E-state index is 0.608. The molecule has 0 bridgehead atoms. The Morgan fingerprint density at radius 1 is 0.810 bits per heavy atom. The van der Waals surface area contributed by atoms with E-state index >= 15 is 0 Å². The van der Waals surface area contributed by atoms with Crippen LogP contribution in [-0.2, 0) is 12.8 Å². The number of aromatic nitrogens is 6. The van der Waals surface area contributed by atoms with E-state index in [1.165, 1.54) is 6.33 Å². The first-order valence-corrected chi connectivity index (χ1v) is 6.62. The Labute approximate surface area is 122 Å². The van der Waals surface area contributed by atoms with E-state index in [4.69, 9.17) is 0 Å². The van der Waals surface area contributed by atoms with Gasteiger partial charge >= 0.3 is 0 Å². The van der Waals surface area contributed by atoms with Gasteiger partial charge < -0.3 is 0 Å². The number of aryl methyl sites for hydroxylation is 1.